The van der Waals surface area contributed by atoms with E-state index in [0.29, 0.717) is 19.4 Å². The minimum absolute atomic E-state index is 0.00922. The van der Waals surface area contributed by atoms with Gasteiger partial charge in [-0.3, -0.25) is 14.9 Å². The number of hydrogen-bond donors (Lipinski definition) is 1. The minimum atomic E-state index is -1.31. The molecule has 0 aliphatic heterocycles. The molecule has 2 aromatic carbocycles. The van der Waals surface area contributed by atoms with Crippen LogP contribution in [0.15, 0.2) is 48.5 Å². The number of nitrogens with zero attached hydrogens (tertiary/aromatic N) is 2. The maximum Gasteiger partial charge on any atom is 0.335 e. The highest BCUT2D eigenvalue weighted by Gasteiger charge is 2.25. The average Bonchev–Trinajstić information content (AvgIpc) is 2.67. The quantitative estimate of drug-likeness (QED) is 0.563. The van der Waals surface area contributed by atoms with Gasteiger partial charge in [-0.15, -0.1) is 0 Å². The van der Waals surface area contributed by atoms with Crippen molar-refractivity contribution in [3.63, 3.8) is 0 Å². The van der Waals surface area contributed by atoms with E-state index in [1.165, 1.54) is 6.07 Å². The van der Waals surface area contributed by atoms with Gasteiger partial charge in [0.25, 0.3) is 11.6 Å². The van der Waals surface area contributed by atoms with Crippen LogP contribution in [0, 0.1) is 10.1 Å². The van der Waals surface area contributed by atoms with Crippen molar-refractivity contribution in [3.8, 4) is 0 Å². The van der Waals surface area contributed by atoms with Gasteiger partial charge in [-0.1, -0.05) is 37.3 Å². The van der Waals surface area contributed by atoms with Crippen LogP contribution in [0.3, 0.4) is 0 Å². The number of benzene rings is 2. The van der Waals surface area contributed by atoms with Gasteiger partial charge in [0.2, 0.25) is 0 Å². The van der Waals surface area contributed by atoms with Crippen LogP contribution in [0.5, 0.6) is 0 Å². The Morgan fingerprint density at radius 2 is 1.74 bits per heavy atom. The largest absolute Gasteiger partial charge is 0.478 e. The smallest absolute Gasteiger partial charge is 0.335 e. The zero-order valence-corrected chi connectivity index (χ0v) is 15.3. The second-order valence-electron chi connectivity index (χ2n) is 6.17. The third kappa shape index (κ3) is 4.91. The lowest BCUT2D eigenvalue weighted by molar-refractivity contribution is -0.384. The van der Waals surface area contributed by atoms with Crippen molar-refractivity contribution < 1.29 is 19.6 Å². The van der Waals surface area contributed by atoms with Gasteiger partial charge in [-0.25, -0.2) is 4.79 Å². The summed E-state index contributed by atoms with van der Waals surface area (Å²) in [5.41, 5.74) is 0.404. The molecule has 0 saturated heterocycles. The van der Waals surface area contributed by atoms with Crippen molar-refractivity contribution in [2.45, 2.75) is 32.7 Å². The van der Waals surface area contributed by atoms with Crippen molar-refractivity contribution in [1.29, 1.82) is 0 Å². The first kappa shape index (κ1) is 20.1. The maximum atomic E-state index is 13.0. The maximum absolute atomic E-state index is 13.0. The molecule has 0 heterocycles. The van der Waals surface area contributed by atoms with Crippen LogP contribution in [-0.4, -0.2) is 39.4 Å². The molecule has 1 atom stereocenters. The molecule has 0 bridgehead atoms. The summed E-state index contributed by atoms with van der Waals surface area (Å²) in [5.74, 6) is -1.72. The summed E-state index contributed by atoms with van der Waals surface area (Å²) in [6.07, 6.45) is 1.35. The molecule has 0 fully saturated rings. The van der Waals surface area contributed by atoms with Gasteiger partial charge in [0, 0.05) is 30.3 Å². The molecule has 1 amide bonds. The van der Waals surface area contributed by atoms with Crippen molar-refractivity contribution >= 4 is 17.6 Å². The molecular weight excluding hydrogens is 348 g/mol. The van der Waals surface area contributed by atoms with Gasteiger partial charge in [0.15, 0.2) is 0 Å². The van der Waals surface area contributed by atoms with E-state index in [4.69, 9.17) is 0 Å². The van der Waals surface area contributed by atoms with Gasteiger partial charge in [0.1, 0.15) is 0 Å². The number of carbonyl (C=O) groups excluding carboxylic acids is 1. The number of rotatable bonds is 8. The predicted octanol–water partition coefficient (Wildman–Crippen LogP) is 3.78. The molecule has 142 valence electrons. The Hall–Kier alpha value is -3.22. The summed E-state index contributed by atoms with van der Waals surface area (Å²) in [5, 5.41) is 20.3. The topological polar surface area (TPSA) is 101 Å². The zero-order chi connectivity index (χ0) is 20.0. The third-order valence-electron chi connectivity index (χ3n) is 4.45. The number of hydrogen-bond acceptors (Lipinski definition) is 4. The summed E-state index contributed by atoms with van der Waals surface area (Å²) in [7, 11) is 0. The van der Waals surface area contributed by atoms with E-state index >= 15 is 0 Å². The lowest BCUT2D eigenvalue weighted by Crippen LogP contribution is -2.41. The summed E-state index contributed by atoms with van der Waals surface area (Å²) >= 11 is 0. The highest BCUT2D eigenvalue weighted by molar-refractivity contribution is 5.98. The fourth-order valence-electron chi connectivity index (χ4n) is 3.06. The van der Waals surface area contributed by atoms with Crippen molar-refractivity contribution in [2.24, 2.45) is 0 Å². The number of nitro benzene ring substituents is 1. The molecule has 0 radical (unpaired) electrons. The van der Waals surface area contributed by atoms with Crippen LogP contribution in [0.2, 0.25) is 0 Å². The van der Waals surface area contributed by atoms with Crippen LogP contribution < -0.4 is 0 Å². The Balaban J connectivity index is 2.37. The standard InChI is InChI=1S/C20H22N2O5/c1-3-17(10-14-8-6-5-7-9-14)21(4-2)19(23)15-11-16(20(24)25)13-18(12-15)22(26)27/h5-9,11-13,17H,3-4,10H2,1-2H3,(H,24,25). The Morgan fingerprint density at radius 3 is 2.26 bits per heavy atom. The molecule has 1 N–H and O–H groups in total. The second kappa shape index (κ2) is 8.93. The first-order chi connectivity index (χ1) is 12.9. The number of amides is 1. The summed E-state index contributed by atoms with van der Waals surface area (Å²) in [6, 6.07) is 12.9. The summed E-state index contributed by atoms with van der Waals surface area (Å²) < 4.78 is 0. The minimum Gasteiger partial charge on any atom is -0.478 e. The van der Waals surface area contributed by atoms with Crippen LogP contribution in [0.4, 0.5) is 5.69 Å². The number of aromatic carboxylic acids is 1. The van der Waals surface area contributed by atoms with E-state index < -0.39 is 22.5 Å². The number of carboxylic acid groups (broad SMARTS) is 1. The molecule has 0 aliphatic rings. The fraction of sp³-hybridized carbons (Fsp3) is 0.300. The molecule has 2 rings (SSSR count). The van der Waals surface area contributed by atoms with Crippen LogP contribution in [0.1, 0.15) is 46.5 Å². The summed E-state index contributed by atoms with van der Waals surface area (Å²) in [4.78, 5) is 36.4. The summed E-state index contributed by atoms with van der Waals surface area (Å²) in [6.45, 7) is 4.22. The molecule has 1 unspecified atom stereocenters. The molecule has 0 saturated carbocycles. The molecular formula is C20H22N2O5. The van der Waals surface area contributed by atoms with E-state index in [9.17, 15) is 24.8 Å². The van der Waals surface area contributed by atoms with E-state index in [1.807, 2.05) is 44.2 Å². The third-order valence-corrected chi connectivity index (χ3v) is 4.45. The molecule has 0 aliphatic carbocycles. The second-order valence-corrected chi connectivity index (χ2v) is 6.17. The van der Waals surface area contributed by atoms with E-state index in [1.54, 1.807) is 4.90 Å². The van der Waals surface area contributed by atoms with Gasteiger partial charge < -0.3 is 10.0 Å². The fourth-order valence-corrected chi connectivity index (χ4v) is 3.06. The van der Waals surface area contributed by atoms with Crippen molar-refractivity contribution in [2.75, 3.05) is 6.54 Å². The van der Waals surface area contributed by atoms with Gasteiger partial charge >= 0.3 is 5.97 Å². The van der Waals surface area contributed by atoms with Gasteiger partial charge in [-0.05, 0) is 31.4 Å². The number of carbonyl (C=O) groups is 2. The molecule has 27 heavy (non-hydrogen) atoms. The molecule has 2 aromatic rings. The normalized spacial score (nSPS) is 11.6. The monoisotopic (exact) mass is 370 g/mol. The first-order valence-corrected chi connectivity index (χ1v) is 8.75. The zero-order valence-electron chi connectivity index (χ0n) is 15.3. The van der Waals surface area contributed by atoms with E-state index in [0.717, 1.165) is 17.7 Å². The number of nitro groups is 1. The Kier molecular flexibility index (Phi) is 6.65. The van der Waals surface area contributed by atoms with Gasteiger partial charge in [-0.2, -0.15) is 0 Å². The number of non-ortho nitro benzene ring substituents is 1. The lowest BCUT2D eigenvalue weighted by atomic mass is 10.0. The highest BCUT2D eigenvalue weighted by Crippen LogP contribution is 2.21. The lowest BCUT2D eigenvalue weighted by Gasteiger charge is -2.30. The molecule has 0 aromatic heterocycles. The Bertz CT molecular complexity index is 803. The Morgan fingerprint density at radius 1 is 1.11 bits per heavy atom. The van der Waals surface area contributed by atoms with Crippen LogP contribution in [0.25, 0.3) is 0 Å². The number of carboxylic acids is 1. The molecule has 7 heteroatoms. The van der Waals surface area contributed by atoms with Crippen molar-refractivity contribution in [3.05, 3.63) is 75.3 Å². The number of likely N-dealkylation sites (N-methyl/N-ethyl adjacent to an activating group) is 1. The SMILES string of the molecule is CCC(Cc1ccccc1)N(CC)C(=O)c1cc(C(=O)O)cc([N+](=O)[O-])c1. The average molecular weight is 370 g/mol. The molecule has 0 spiro atoms. The predicted molar refractivity (Wildman–Crippen MR) is 101 cm³/mol. The van der Waals surface area contributed by atoms with E-state index in [2.05, 4.69) is 0 Å². The molecule has 7 nitrogen and oxygen atoms in total. The van der Waals surface area contributed by atoms with Crippen molar-refractivity contribution in [1.82, 2.24) is 4.90 Å². The van der Waals surface area contributed by atoms with E-state index in [-0.39, 0.29) is 17.2 Å². The van der Waals surface area contributed by atoms with Crippen LogP contribution >= 0.6 is 0 Å². The van der Waals surface area contributed by atoms with Crippen LogP contribution in [-0.2, 0) is 6.42 Å². The first-order valence-electron chi connectivity index (χ1n) is 8.75. The Labute approximate surface area is 157 Å². The highest BCUT2D eigenvalue weighted by atomic mass is 16.6. The van der Waals surface area contributed by atoms with Gasteiger partial charge in [0.05, 0.1) is 10.5 Å².